The van der Waals surface area contributed by atoms with Crippen LogP contribution in [0.3, 0.4) is 0 Å². The molecule has 1 amide bonds. The minimum atomic E-state index is -0.927. The number of methoxy groups -OCH3 is 1. The second-order valence-electron chi connectivity index (χ2n) is 7.72. The average Bonchev–Trinajstić information content (AvgIpc) is 3.06. The number of benzene rings is 3. The van der Waals surface area contributed by atoms with E-state index >= 15 is 0 Å². The van der Waals surface area contributed by atoms with E-state index in [1.165, 1.54) is 30.2 Å². The van der Waals surface area contributed by atoms with E-state index < -0.39 is 23.5 Å². The van der Waals surface area contributed by atoms with Gasteiger partial charge in [-0.3, -0.25) is 14.5 Å². The Kier molecular flexibility index (Phi) is 5.53. The lowest BCUT2D eigenvalue weighted by molar-refractivity contribution is -0.132. The first kappa shape index (κ1) is 21.3. The number of aliphatic hydroxyl groups excluding tert-OH is 1. The summed E-state index contributed by atoms with van der Waals surface area (Å²) in [6, 6.07) is 16.7. The second kappa shape index (κ2) is 8.30. The summed E-state index contributed by atoms with van der Waals surface area (Å²) in [6.07, 6.45) is 0. The maximum Gasteiger partial charge on any atom is 0.300 e. The fourth-order valence-electron chi connectivity index (χ4n) is 3.87. The number of hydrogen-bond donors (Lipinski definition) is 1. The fraction of sp³-hybridized carbons (Fsp3) is 0.154. The zero-order chi connectivity index (χ0) is 23.0. The Morgan fingerprint density at radius 2 is 1.69 bits per heavy atom. The highest BCUT2D eigenvalue weighted by Crippen LogP contribution is 2.42. The molecule has 0 saturated carbocycles. The van der Waals surface area contributed by atoms with Gasteiger partial charge in [0.2, 0.25) is 0 Å². The summed E-state index contributed by atoms with van der Waals surface area (Å²) >= 11 is 0. The number of carbonyl (C=O) groups is 2. The zero-order valence-electron chi connectivity index (χ0n) is 17.9. The number of aryl methyl sites for hydroxylation is 2. The molecule has 1 aliphatic rings. The van der Waals surface area contributed by atoms with Crippen LogP contribution in [0.15, 0.2) is 72.3 Å². The summed E-state index contributed by atoms with van der Waals surface area (Å²) in [5.74, 6) is -1.86. The van der Waals surface area contributed by atoms with Gasteiger partial charge < -0.3 is 9.84 Å². The largest absolute Gasteiger partial charge is 0.507 e. The van der Waals surface area contributed by atoms with Gasteiger partial charge in [-0.25, -0.2) is 4.39 Å². The van der Waals surface area contributed by atoms with Gasteiger partial charge in [0.1, 0.15) is 17.3 Å². The maximum atomic E-state index is 14.0. The molecule has 0 aliphatic carbocycles. The van der Waals surface area contributed by atoms with Crippen LogP contribution in [0.4, 0.5) is 10.1 Å². The van der Waals surface area contributed by atoms with Crippen molar-refractivity contribution in [1.29, 1.82) is 0 Å². The molecule has 0 spiro atoms. The highest BCUT2D eigenvalue weighted by Gasteiger charge is 2.47. The molecule has 1 heterocycles. The number of halogens is 1. The second-order valence-corrected chi connectivity index (χ2v) is 7.72. The fourth-order valence-corrected chi connectivity index (χ4v) is 3.87. The normalized spacial score (nSPS) is 17.6. The minimum Gasteiger partial charge on any atom is -0.507 e. The zero-order valence-corrected chi connectivity index (χ0v) is 17.9. The Morgan fingerprint density at radius 3 is 2.31 bits per heavy atom. The molecule has 4 rings (SSSR count). The van der Waals surface area contributed by atoms with Gasteiger partial charge in [0, 0.05) is 11.3 Å². The smallest absolute Gasteiger partial charge is 0.300 e. The van der Waals surface area contributed by atoms with Crippen LogP contribution in [0.1, 0.15) is 28.3 Å². The molecule has 1 aliphatic heterocycles. The van der Waals surface area contributed by atoms with Crippen LogP contribution in [0.2, 0.25) is 0 Å². The summed E-state index contributed by atoms with van der Waals surface area (Å²) in [6.45, 7) is 3.85. The number of anilines is 1. The van der Waals surface area contributed by atoms with Gasteiger partial charge in [-0.1, -0.05) is 30.3 Å². The number of hydrogen-bond acceptors (Lipinski definition) is 4. The SMILES string of the molecule is COc1ccc(C2/C(=C(\O)c3ccc(C)c(C)c3)C(=O)C(=O)N2c2cccc(F)c2)cc1. The third kappa shape index (κ3) is 3.64. The molecular formula is C26H22FNO4. The molecule has 1 atom stereocenters. The molecule has 1 fully saturated rings. The van der Waals surface area contributed by atoms with E-state index in [1.54, 1.807) is 42.5 Å². The van der Waals surface area contributed by atoms with Crippen molar-refractivity contribution in [2.45, 2.75) is 19.9 Å². The van der Waals surface area contributed by atoms with Gasteiger partial charge in [0.25, 0.3) is 11.7 Å². The van der Waals surface area contributed by atoms with Crippen molar-refractivity contribution in [2.24, 2.45) is 0 Å². The molecule has 0 radical (unpaired) electrons. The predicted octanol–water partition coefficient (Wildman–Crippen LogP) is 5.08. The molecule has 1 N–H and O–H groups in total. The third-order valence-corrected chi connectivity index (χ3v) is 5.74. The third-order valence-electron chi connectivity index (χ3n) is 5.74. The standard InChI is InChI=1S/C26H22FNO4/c1-15-7-8-18(13-16(15)2)24(29)22-23(17-9-11-21(32-3)12-10-17)28(26(31)25(22)30)20-6-4-5-19(27)14-20/h4-14,23,29H,1-3H3/b24-22+. The summed E-state index contributed by atoms with van der Waals surface area (Å²) in [7, 11) is 1.54. The van der Waals surface area contributed by atoms with Crippen molar-refractivity contribution in [3.8, 4) is 5.75 Å². The lowest BCUT2D eigenvalue weighted by atomic mass is 9.94. The number of aliphatic hydroxyl groups is 1. The Balaban J connectivity index is 1.95. The van der Waals surface area contributed by atoms with E-state index in [2.05, 4.69) is 0 Å². The van der Waals surface area contributed by atoms with Crippen LogP contribution in [0.25, 0.3) is 5.76 Å². The first-order valence-electron chi connectivity index (χ1n) is 10.1. The Bertz CT molecular complexity index is 1250. The van der Waals surface area contributed by atoms with Gasteiger partial charge >= 0.3 is 0 Å². The maximum absolute atomic E-state index is 14.0. The average molecular weight is 431 g/mol. The Labute approximate surface area is 185 Å². The Morgan fingerprint density at radius 1 is 0.969 bits per heavy atom. The molecule has 1 saturated heterocycles. The van der Waals surface area contributed by atoms with E-state index in [9.17, 15) is 19.1 Å². The number of nitrogens with zero attached hydrogens (tertiary/aromatic N) is 1. The molecule has 6 heteroatoms. The molecule has 32 heavy (non-hydrogen) atoms. The highest BCUT2D eigenvalue weighted by atomic mass is 19.1. The number of ether oxygens (including phenoxy) is 1. The number of ketones is 1. The van der Waals surface area contributed by atoms with Crippen LogP contribution >= 0.6 is 0 Å². The van der Waals surface area contributed by atoms with Crippen molar-refractivity contribution in [2.75, 3.05) is 12.0 Å². The van der Waals surface area contributed by atoms with Gasteiger partial charge in [-0.15, -0.1) is 0 Å². The summed E-state index contributed by atoms with van der Waals surface area (Å²) in [4.78, 5) is 27.4. The molecule has 0 aromatic heterocycles. The van der Waals surface area contributed by atoms with Gasteiger partial charge in [0.05, 0.1) is 18.7 Å². The van der Waals surface area contributed by atoms with Crippen molar-refractivity contribution < 1.29 is 23.8 Å². The molecule has 1 unspecified atom stereocenters. The molecule has 3 aromatic rings. The van der Waals surface area contributed by atoms with Crippen LogP contribution < -0.4 is 9.64 Å². The predicted molar refractivity (Wildman–Crippen MR) is 120 cm³/mol. The van der Waals surface area contributed by atoms with E-state index in [1.807, 2.05) is 19.9 Å². The number of carbonyl (C=O) groups excluding carboxylic acids is 2. The van der Waals surface area contributed by atoms with E-state index in [-0.39, 0.29) is 17.0 Å². The first-order chi connectivity index (χ1) is 15.3. The molecule has 3 aromatic carbocycles. The number of Topliss-reactive ketones (excluding diaryl/α,β-unsaturated/α-hetero) is 1. The van der Waals surface area contributed by atoms with Crippen molar-refractivity contribution >= 4 is 23.1 Å². The summed E-state index contributed by atoms with van der Waals surface area (Å²) in [5.41, 5.74) is 3.17. The first-order valence-corrected chi connectivity index (χ1v) is 10.1. The van der Waals surface area contributed by atoms with Crippen LogP contribution in [-0.4, -0.2) is 23.9 Å². The molecule has 162 valence electrons. The molecule has 5 nitrogen and oxygen atoms in total. The summed E-state index contributed by atoms with van der Waals surface area (Å²) < 4.78 is 19.2. The van der Waals surface area contributed by atoms with E-state index in [4.69, 9.17) is 4.74 Å². The van der Waals surface area contributed by atoms with Gasteiger partial charge in [-0.05, 0) is 66.9 Å². The lowest BCUT2D eigenvalue weighted by Crippen LogP contribution is -2.29. The Hall–Kier alpha value is -3.93. The highest BCUT2D eigenvalue weighted by molar-refractivity contribution is 6.51. The van der Waals surface area contributed by atoms with E-state index in [0.717, 1.165) is 11.1 Å². The lowest BCUT2D eigenvalue weighted by Gasteiger charge is -2.25. The monoisotopic (exact) mass is 431 g/mol. The number of rotatable bonds is 4. The summed E-state index contributed by atoms with van der Waals surface area (Å²) in [5, 5.41) is 11.2. The van der Waals surface area contributed by atoms with Gasteiger partial charge in [-0.2, -0.15) is 0 Å². The van der Waals surface area contributed by atoms with Crippen LogP contribution in [0, 0.1) is 19.7 Å². The van der Waals surface area contributed by atoms with Crippen molar-refractivity contribution in [3.05, 3.63) is 100 Å². The van der Waals surface area contributed by atoms with Crippen LogP contribution in [-0.2, 0) is 9.59 Å². The quantitative estimate of drug-likeness (QED) is 0.356. The molecule has 0 bridgehead atoms. The van der Waals surface area contributed by atoms with Crippen molar-refractivity contribution in [1.82, 2.24) is 0 Å². The number of amides is 1. The topological polar surface area (TPSA) is 66.8 Å². The van der Waals surface area contributed by atoms with Crippen molar-refractivity contribution in [3.63, 3.8) is 0 Å². The van der Waals surface area contributed by atoms with Gasteiger partial charge in [0.15, 0.2) is 0 Å². The van der Waals surface area contributed by atoms with E-state index in [0.29, 0.717) is 16.9 Å². The van der Waals surface area contributed by atoms with Crippen LogP contribution in [0.5, 0.6) is 5.75 Å². The molecular weight excluding hydrogens is 409 g/mol. The minimum absolute atomic E-state index is 0.0484.